The molecule has 1 saturated heterocycles. The lowest BCUT2D eigenvalue weighted by molar-refractivity contribution is -0.142. The molecule has 3 aliphatic rings. The number of benzene rings is 1. The fourth-order valence-electron chi connectivity index (χ4n) is 5.66. The van der Waals surface area contributed by atoms with Crippen LogP contribution in [0.1, 0.15) is 54.9 Å². The summed E-state index contributed by atoms with van der Waals surface area (Å²) in [5.74, 6) is 0.331. The Morgan fingerprint density at radius 1 is 1.13 bits per heavy atom. The lowest BCUT2D eigenvalue weighted by Gasteiger charge is -2.36. The molecule has 2 aliphatic heterocycles. The van der Waals surface area contributed by atoms with E-state index in [1.807, 2.05) is 18.4 Å². The number of Topliss-reactive ketones (excluding diaryl/α,β-unsaturated/α-hetero) is 1. The van der Waals surface area contributed by atoms with Gasteiger partial charge < -0.3 is 29.0 Å². The minimum absolute atomic E-state index is 0.00725. The van der Waals surface area contributed by atoms with E-state index >= 15 is 0 Å². The second kappa shape index (κ2) is 11.2. The molecule has 1 fully saturated rings. The molecule has 0 saturated carbocycles. The zero-order valence-corrected chi connectivity index (χ0v) is 22.9. The molecule has 202 valence electrons. The van der Waals surface area contributed by atoms with Crippen LogP contribution in [0.2, 0.25) is 0 Å². The number of carbonyl (C=O) groups excluding carboxylic acids is 2. The number of methoxy groups -OCH3 is 3. The van der Waals surface area contributed by atoms with Gasteiger partial charge in [-0.15, -0.1) is 11.3 Å². The van der Waals surface area contributed by atoms with Gasteiger partial charge >= 0.3 is 5.97 Å². The molecule has 0 bridgehead atoms. The van der Waals surface area contributed by atoms with Crippen LogP contribution in [0.3, 0.4) is 0 Å². The third-order valence-electron chi connectivity index (χ3n) is 7.44. The molecule has 3 atom stereocenters. The Bertz CT molecular complexity index is 1250. The highest BCUT2D eigenvalue weighted by atomic mass is 32.1. The van der Waals surface area contributed by atoms with Gasteiger partial charge in [-0.2, -0.15) is 0 Å². The lowest BCUT2D eigenvalue weighted by Crippen LogP contribution is -2.36. The number of hydrogen-bond acceptors (Lipinski definition) is 9. The number of rotatable bonds is 8. The number of hydrogen-bond donors (Lipinski definition) is 1. The molecule has 8 nitrogen and oxygen atoms in total. The number of ether oxygens (including phenoxy) is 5. The van der Waals surface area contributed by atoms with Gasteiger partial charge in [-0.1, -0.05) is 6.07 Å². The van der Waals surface area contributed by atoms with E-state index in [9.17, 15) is 9.59 Å². The first kappa shape index (κ1) is 26.3. The van der Waals surface area contributed by atoms with Crippen molar-refractivity contribution in [3.63, 3.8) is 0 Å². The van der Waals surface area contributed by atoms with Crippen LogP contribution in [-0.4, -0.2) is 52.4 Å². The average Bonchev–Trinajstić information content (AvgIpc) is 3.65. The van der Waals surface area contributed by atoms with Gasteiger partial charge in [0, 0.05) is 46.7 Å². The van der Waals surface area contributed by atoms with Gasteiger partial charge in [0.2, 0.25) is 5.75 Å². The van der Waals surface area contributed by atoms with Crippen LogP contribution < -0.4 is 19.5 Å². The van der Waals surface area contributed by atoms with Gasteiger partial charge in [-0.05, 0) is 55.3 Å². The zero-order chi connectivity index (χ0) is 26.8. The smallest absolute Gasteiger partial charge is 0.336 e. The van der Waals surface area contributed by atoms with Crippen molar-refractivity contribution in [2.24, 2.45) is 0 Å². The van der Waals surface area contributed by atoms with Crippen molar-refractivity contribution in [2.75, 3.05) is 34.5 Å². The summed E-state index contributed by atoms with van der Waals surface area (Å²) in [4.78, 5) is 28.6. The first-order chi connectivity index (χ1) is 18.4. The van der Waals surface area contributed by atoms with Crippen molar-refractivity contribution in [1.29, 1.82) is 0 Å². The molecule has 1 aromatic carbocycles. The molecule has 9 heteroatoms. The number of ketones is 1. The summed E-state index contributed by atoms with van der Waals surface area (Å²) < 4.78 is 28.1. The van der Waals surface area contributed by atoms with E-state index in [2.05, 4.69) is 11.4 Å². The largest absolute Gasteiger partial charge is 0.493 e. The zero-order valence-electron chi connectivity index (χ0n) is 22.1. The Morgan fingerprint density at radius 3 is 2.50 bits per heavy atom. The van der Waals surface area contributed by atoms with E-state index in [1.54, 1.807) is 44.8 Å². The van der Waals surface area contributed by atoms with Crippen molar-refractivity contribution in [3.8, 4) is 17.2 Å². The molecule has 3 unspecified atom stereocenters. The number of thiophene rings is 1. The highest BCUT2D eigenvalue weighted by Crippen LogP contribution is 2.49. The minimum atomic E-state index is -0.645. The van der Waals surface area contributed by atoms with E-state index < -0.39 is 11.9 Å². The highest BCUT2D eigenvalue weighted by molar-refractivity contribution is 7.10. The second-order valence-electron chi connectivity index (χ2n) is 9.72. The SMILES string of the molecule is COc1cc(C2C(C(=O)OCC3CCCO3)=C(C)NC3=C2C(=O)CC(c2cccs2)C3)cc(OC)c1OC. The Labute approximate surface area is 226 Å². The predicted molar refractivity (Wildman–Crippen MR) is 143 cm³/mol. The van der Waals surface area contributed by atoms with E-state index in [-0.39, 0.29) is 24.4 Å². The van der Waals surface area contributed by atoms with Gasteiger partial charge in [0.15, 0.2) is 17.3 Å². The first-order valence-corrected chi connectivity index (χ1v) is 13.7. The summed E-state index contributed by atoms with van der Waals surface area (Å²) in [6.07, 6.45) is 2.76. The lowest BCUT2D eigenvalue weighted by atomic mass is 9.72. The average molecular weight is 540 g/mol. The maximum atomic E-state index is 13.8. The fourth-order valence-corrected chi connectivity index (χ4v) is 6.49. The van der Waals surface area contributed by atoms with E-state index in [0.717, 1.165) is 18.5 Å². The molecule has 0 radical (unpaired) electrons. The van der Waals surface area contributed by atoms with Crippen molar-refractivity contribution in [1.82, 2.24) is 5.32 Å². The molecular formula is C29H33NO7S. The summed E-state index contributed by atoms with van der Waals surface area (Å²) >= 11 is 1.66. The highest BCUT2D eigenvalue weighted by Gasteiger charge is 2.42. The third-order valence-corrected chi connectivity index (χ3v) is 8.47. The van der Waals surface area contributed by atoms with Crippen LogP contribution in [-0.2, 0) is 19.1 Å². The van der Waals surface area contributed by atoms with Crippen LogP contribution in [0, 0.1) is 0 Å². The molecule has 1 aliphatic carbocycles. The number of dihydropyridines is 1. The maximum absolute atomic E-state index is 13.8. The molecule has 3 heterocycles. The molecule has 0 spiro atoms. The van der Waals surface area contributed by atoms with Crippen molar-refractivity contribution in [3.05, 3.63) is 62.6 Å². The number of carbonyl (C=O) groups is 2. The monoisotopic (exact) mass is 539 g/mol. The Hall–Kier alpha value is -3.30. The summed E-state index contributed by atoms with van der Waals surface area (Å²) in [5, 5.41) is 5.43. The summed E-state index contributed by atoms with van der Waals surface area (Å²) in [5.41, 5.74) is 3.19. The predicted octanol–water partition coefficient (Wildman–Crippen LogP) is 4.86. The first-order valence-electron chi connectivity index (χ1n) is 12.8. The van der Waals surface area contributed by atoms with Gasteiger partial charge in [0.25, 0.3) is 0 Å². The summed E-state index contributed by atoms with van der Waals surface area (Å²) in [7, 11) is 4.63. The van der Waals surface area contributed by atoms with Crippen LogP contribution in [0.15, 0.2) is 52.2 Å². The Morgan fingerprint density at radius 2 is 1.89 bits per heavy atom. The van der Waals surface area contributed by atoms with E-state index in [4.69, 9.17) is 23.7 Å². The van der Waals surface area contributed by atoms with Crippen molar-refractivity contribution in [2.45, 2.75) is 50.5 Å². The van der Waals surface area contributed by atoms with Crippen LogP contribution in [0.4, 0.5) is 0 Å². The normalized spacial score (nSPS) is 23.2. The number of allylic oxidation sites excluding steroid dienone is 3. The topological polar surface area (TPSA) is 92.3 Å². The van der Waals surface area contributed by atoms with E-state index in [0.29, 0.717) is 59.1 Å². The minimum Gasteiger partial charge on any atom is -0.493 e. The van der Waals surface area contributed by atoms with Crippen molar-refractivity contribution >= 4 is 23.1 Å². The molecule has 38 heavy (non-hydrogen) atoms. The van der Waals surface area contributed by atoms with Gasteiger partial charge in [-0.25, -0.2) is 4.79 Å². The quantitative estimate of drug-likeness (QED) is 0.476. The third kappa shape index (κ3) is 4.92. The fraction of sp³-hybridized carbons (Fsp3) is 0.448. The van der Waals surface area contributed by atoms with Crippen molar-refractivity contribution < 1.29 is 33.3 Å². The standard InChI is InChI=1S/C29H33NO7S/c1-16-25(29(32)37-15-19-7-5-9-36-19)26(18-13-22(33-2)28(35-4)23(14-18)34-3)27-20(30-16)11-17(12-21(27)31)24-8-6-10-38-24/h6,8,10,13-14,17,19,26,30H,5,7,9,11-12,15H2,1-4H3. The summed E-state index contributed by atoms with van der Waals surface area (Å²) in [6.45, 7) is 2.71. The van der Waals surface area contributed by atoms with Gasteiger partial charge in [-0.3, -0.25) is 4.79 Å². The molecule has 1 N–H and O–H groups in total. The van der Waals surface area contributed by atoms with Gasteiger partial charge in [0.1, 0.15) is 6.61 Å². The van der Waals surface area contributed by atoms with E-state index in [1.165, 1.54) is 4.88 Å². The molecule has 5 rings (SSSR count). The summed E-state index contributed by atoms with van der Waals surface area (Å²) in [6, 6.07) is 7.70. The van der Waals surface area contributed by atoms with Crippen LogP contribution >= 0.6 is 11.3 Å². The number of nitrogens with one attached hydrogen (secondary N) is 1. The Balaban J connectivity index is 1.58. The number of esters is 1. The Kier molecular flexibility index (Phi) is 7.76. The molecule has 2 aromatic rings. The van der Waals surface area contributed by atoms with Crippen LogP contribution in [0.5, 0.6) is 17.2 Å². The molecule has 0 amide bonds. The van der Waals surface area contributed by atoms with Crippen LogP contribution in [0.25, 0.3) is 0 Å². The molecular weight excluding hydrogens is 506 g/mol. The molecule has 1 aromatic heterocycles. The van der Waals surface area contributed by atoms with Gasteiger partial charge in [0.05, 0.1) is 33.0 Å². The maximum Gasteiger partial charge on any atom is 0.336 e. The second-order valence-corrected chi connectivity index (χ2v) is 10.7.